The standard InChI is InChI=1S/C14H21N3O4/c1-15-8-11-3-4-13(17(18)19)14(7-11)21-10-12-9-16(2)5-6-20-12/h3-4,7,12,15H,5-6,8-10H2,1-2H3. The zero-order chi connectivity index (χ0) is 15.2. The summed E-state index contributed by atoms with van der Waals surface area (Å²) in [4.78, 5) is 12.8. The molecule has 1 aromatic carbocycles. The van der Waals surface area contributed by atoms with Crippen LogP contribution in [0, 0.1) is 10.1 Å². The first-order chi connectivity index (χ1) is 10.1. The number of hydrogen-bond acceptors (Lipinski definition) is 6. The van der Waals surface area contributed by atoms with Crippen molar-refractivity contribution in [2.75, 3.05) is 40.4 Å². The Morgan fingerprint density at radius 3 is 3.05 bits per heavy atom. The molecule has 0 saturated carbocycles. The summed E-state index contributed by atoms with van der Waals surface area (Å²) >= 11 is 0. The largest absolute Gasteiger partial charge is 0.484 e. The molecule has 2 rings (SSSR count). The van der Waals surface area contributed by atoms with Crippen molar-refractivity contribution in [1.82, 2.24) is 10.2 Å². The van der Waals surface area contributed by atoms with Crippen LogP contribution in [0.25, 0.3) is 0 Å². The fraction of sp³-hybridized carbons (Fsp3) is 0.571. The third-order valence-corrected chi connectivity index (χ3v) is 3.37. The zero-order valence-corrected chi connectivity index (χ0v) is 12.4. The van der Waals surface area contributed by atoms with Gasteiger partial charge in [0.25, 0.3) is 0 Å². The van der Waals surface area contributed by atoms with Crippen molar-refractivity contribution >= 4 is 5.69 Å². The summed E-state index contributed by atoms with van der Waals surface area (Å²) in [5.74, 6) is 0.296. The highest BCUT2D eigenvalue weighted by atomic mass is 16.6. The van der Waals surface area contributed by atoms with Gasteiger partial charge in [0.15, 0.2) is 5.75 Å². The predicted octanol–water partition coefficient (Wildman–Crippen LogP) is 1.02. The van der Waals surface area contributed by atoms with Crippen LogP contribution in [0.15, 0.2) is 18.2 Å². The monoisotopic (exact) mass is 295 g/mol. The highest BCUT2D eigenvalue weighted by Gasteiger charge is 2.21. The minimum absolute atomic E-state index is 0.0148. The first kappa shape index (κ1) is 15.7. The second kappa shape index (κ2) is 7.35. The van der Waals surface area contributed by atoms with Crippen LogP contribution >= 0.6 is 0 Å². The molecule has 1 heterocycles. The van der Waals surface area contributed by atoms with Gasteiger partial charge in [-0.2, -0.15) is 0 Å². The van der Waals surface area contributed by atoms with Crippen LogP contribution in [0.5, 0.6) is 5.75 Å². The molecular formula is C14H21N3O4. The Hall–Kier alpha value is -1.70. The molecule has 1 atom stereocenters. The molecule has 21 heavy (non-hydrogen) atoms. The smallest absolute Gasteiger partial charge is 0.310 e. The maximum atomic E-state index is 11.1. The van der Waals surface area contributed by atoms with E-state index in [0.717, 1.165) is 18.7 Å². The van der Waals surface area contributed by atoms with Gasteiger partial charge in [0, 0.05) is 25.7 Å². The van der Waals surface area contributed by atoms with Gasteiger partial charge in [0.2, 0.25) is 0 Å². The normalized spacial score (nSPS) is 19.4. The molecule has 1 aliphatic rings. The number of morpholine rings is 1. The van der Waals surface area contributed by atoms with E-state index < -0.39 is 4.92 Å². The zero-order valence-electron chi connectivity index (χ0n) is 12.4. The Kier molecular flexibility index (Phi) is 5.49. The van der Waals surface area contributed by atoms with Gasteiger partial charge < -0.3 is 19.7 Å². The summed E-state index contributed by atoms with van der Waals surface area (Å²) in [6, 6.07) is 4.92. The van der Waals surface area contributed by atoms with Crippen molar-refractivity contribution in [3.63, 3.8) is 0 Å². The lowest BCUT2D eigenvalue weighted by atomic mass is 10.2. The Bertz CT molecular complexity index is 495. The Morgan fingerprint density at radius 1 is 1.57 bits per heavy atom. The van der Waals surface area contributed by atoms with Crippen molar-refractivity contribution in [1.29, 1.82) is 0 Å². The van der Waals surface area contributed by atoms with E-state index in [1.165, 1.54) is 6.07 Å². The summed E-state index contributed by atoms with van der Waals surface area (Å²) in [6.07, 6.45) is -0.0590. The van der Waals surface area contributed by atoms with Gasteiger partial charge in [-0.25, -0.2) is 0 Å². The Balaban J connectivity index is 2.05. The van der Waals surface area contributed by atoms with Gasteiger partial charge in [-0.3, -0.25) is 10.1 Å². The molecule has 116 valence electrons. The molecule has 7 nitrogen and oxygen atoms in total. The maximum absolute atomic E-state index is 11.1. The fourth-order valence-corrected chi connectivity index (χ4v) is 2.29. The van der Waals surface area contributed by atoms with E-state index in [2.05, 4.69) is 10.2 Å². The van der Waals surface area contributed by atoms with Crippen LogP contribution in [0.1, 0.15) is 5.56 Å². The number of benzene rings is 1. The van der Waals surface area contributed by atoms with E-state index in [1.54, 1.807) is 12.1 Å². The van der Waals surface area contributed by atoms with E-state index in [-0.39, 0.29) is 11.8 Å². The van der Waals surface area contributed by atoms with Gasteiger partial charge in [0.05, 0.1) is 11.5 Å². The van der Waals surface area contributed by atoms with Crippen molar-refractivity contribution < 1.29 is 14.4 Å². The summed E-state index contributed by atoms with van der Waals surface area (Å²) in [5, 5.41) is 14.1. The lowest BCUT2D eigenvalue weighted by molar-refractivity contribution is -0.386. The molecule has 1 aromatic rings. The van der Waals surface area contributed by atoms with Crippen LogP contribution < -0.4 is 10.1 Å². The third-order valence-electron chi connectivity index (χ3n) is 3.37. The second-order valence-corrected chi connectivity index (χ2v) is 5.16. The number of nitrogens with zero attached hydrogens (tertiary/aromatic N) is 2. The molecule has 0 spiro atoms. The predicted molar refractivity (Wildman–Crippen MR) is 78.6 cm³/mol. The molecule has 0 aromatic heterocycles. The van der Waals surface area contributed by atoms with Crippen LogP contribution in [0.4, 0.5) is 5.69 Å². The number of likely N-dealkylation sites (N-methyl/N-ethyl adjacent to an activating group) is 1. The van der Waals surface area contributed by atoms with E-state index in [4.69, 9.17) is 9.47 Å². The highest BCUT2D eigenvalue weighted by Crippen LogP contribution is 2.28. The van der Waals surface area contributed by atoms with Crippen LogP contribution in [-0.2, 0) is 11.3 Å². The Labute approximate surface area is 124 Å². The van der Waals surface area contributed by atoms with Crippen molar-refractivity contribution in [2.45, 2.75) is 12.6 Å². The average Bonchev–Trinajstić information content (AvgIpc) is 2.45. The maximum Gasteiger partial charge on any atom is 0.310 e. The third kappa shape index (κ3) is 4.38. The van der Waals surface area contributed by atoms with Crippen LogP contribution in [-0.4, -0.2) is 56.3 Å². The van der Waals surface area contributed by atoms with Crippen molar-refractivity contribution in [2.24, 2.45) is 0 Å². The summed E-state index contributed by atoms with van der Waals surface area (Å²) in [5.41, 5.74) is 0.929. The van der Waals surface area contributed by atoms with Gasteiger partial charge in [-0.15, -0.1) is 0 Å². The number of nitro groups is 1. The first-order valence-corrected chi connectivity index (χ1v) is 6.95. The molecule has 0 radical (unpaired) electrons. The van der Waals surface area contributed by atoms with E-state index in [0.29, 0.717) is 25.5 Å². The summed E-state index contributed by atoms with van der Waals surface area (Å²) in [7, 11) is 3.85. The second-order valence-electron chi connectivity index (χ2n) is 5.16. The number of rotatable bonds is 6. The van der Waals surface area contributed by atoms with E-state index in [9.17, 15) is 10.1 Å². The molecule has 0 bridgehead atoms. The van der Waals surface area contributed by atoms with Crippen LogP contribution in [0.2, 0.25) is 0 Å². The molecular weight excluding hydrogens is 274 g/mol. The van der Waals surface area contributed by atoms with Crippen molar-refractivity contribution in [3.05, 3.63) is 33.9 Å². The minimum atomic E-state index is -0.424. The van der Waals surface area contributed by atoms with Crippen molar-refractivity contribution in [3.8, 4) is 5.75 Å². The fourth-order valence-electron chi connectivity index (χ4n) is 2.29. The number of nitro benzene ring substituents is 1. The summed E-state index contributed by atoms with van der Waals surface area (Å²) in [6.45, 7) is 3.27. The number of ether oxygens (including phenoxy) is 2. The van der Waals surface area contributed by atoms with Gasteiger partial charge in [0.1, 0.15) is 12.7 Å². The quantitative estimate of drug-likeness (QED) is 0.624. The molecule has 1 N–H and O–H groups in total. The molecule has 1 fully saturated rings. The van der Waals surface area contributed by atoms with Crippen LogP contribution in [0.3, 0.4) is 0 Å². The molecule has 7 heteroatoms. The SMILES string of the molecule is CNCc1ccc([N+](=O)[O-])c(OCC2CN(C)CCO2)c1. The molecule has 1 saturated heterocycles. The topological polar surface area (TPSA) is 76.9 Å². The minimum Gasteiger partial charge on any atom is -0.484 e. The highest BCUT2D eigenvalue weighted by molar-refractivity contribution is 5.48. The van der Waals surface area contributed by atoms with Gasteiger partial charge in [-0.1, -0.05) is 6.07 Å². The lowest BCUT2D eigenvalue weighted by Crippen LogP contribution is -2.42. The molecule has 1 unspecified atom stereocenters. The molecule has 1 aliphatic heterocycles. The molecule has 0 amide bonds. The molecule has 0 aliphatic carbocycles. The average molecular weight is 295 g/mol. The lowest BCUT2D eigenvalue weighted by Gasteiger charge is -2.29. The number of hydrogen-bond donors (Lipinski definition) is 1. The Morgan fingerprint density at radius 2 is 2.38 bits per heavy atom. The number of nitrogens with one attached hydrogen (secondary N) is 1. The van der Waals surface area contributed by atoms with Gasteiger partial charge >= 0.3 is 5.69 Å². The van der Waals surface area contributed by atoms with E-state index >= 15 is 0 Å². The van der Waals surface area contributed by atoms with E-state index in [1.807, 2.05) is 14.1 Å². The first-order valence-electron chi connectivity index (χ1n) is 6.95. The summed E-state index contributed by atoms with van der Waals surface area (Å²) < 4.78 is 11.3. The van der Waals surface area contributed by atoms with Gasteiger partial charge in [-0.05, 0) is 25.7 Å².